The van der Waals surface area contributed by atoms with Gasteiger partial charge >= 0.3 is 11.9 Å². The summed E-state index contributed by atoms with van der Waals surface area (Å²) >= 11 is 0. The van der Waals surface area contributed by atoms with Gasteiger partial charge in [-0.05, 0) is 30.2 Å². The van der Waals surface area contributed by atoms with E-state index in [9.17, 15) is 9.59 Å². The molecule has 114 valence electrons. The normalized spacial score (nSPS) is 10.3. The van der Waals surface area contributed by atoms with Crippen LogP contribution in [0.5, 0.6) is 5.75 Å². The van der Waals surface area contributed by atoms with E-state index in [-0.39, 0.29) is 17.2 Å². The van der Waals surface area contributed by atoms with Crippen LogP contribution in [0.25, 0.3) is 0 Å². The fourth-order valence-corrected chi connectivity index (χ4v) is 1.78. The molecule has 0 aliphatic carbocycles. The van der Waals surface area contributed by atoms with E-state index in [1.165, 1.54) is 0 Å². The van der Waals surface area contributed by atoms with Crippen LogP contribution in [0.1, 0.15) is 34.6 Å². The molecule has 22 heavy (non-hydrogen) atoms. The van der Waals surface area contributed by atoms with Crippen molar-refractivity contribution in [3.05, 3.63) is 65.7 Å². The number of para-hydroxylation sites is 1. The van der Waals surface area contributed by atoms with Crippen LogP contribution in [0.15, 0.2) is 54.6 Å². The number of esters is 2. The minimum atomic E-state index is -0.510. The lowest BCUT2D eigenvalue weighted by Crippen LogP contribution is -2.14. The van der Waals surface area contributed by atoms with Gasteiger partial charge in [0.25, 0.3) is 0 Å². The SMILES string of the molecule is CC(C)COC(=O)c1ccccc1OC(=O)c1ccccc1. The highest BCUT2D eigenvalue weighted by Gasteiger charge is 2.17. The van der Waals surface area contributed by atoms with Crippen molar-refractivity contribution in [1.29, 1.82) is 0 Å². The molecule has 0 bridgehead atoms. The molecule has 0 aliphatic rings. The first-order valence-electron chi connectivity index (χ1n) is 7.11. The lowest BCUT2D eigenvalue weighted by atomic mass is 10.2. The number of hydrogen-bond donors (Lipinski definition) is 0. The fourth-order valence-electron chi connectivity index (χ4n) is 1.78. The molecule has 0 atom stereocenters. The number of ether oxygens (including phenoxy) is 2. The van der Waals surface area contributed by atoms with Gasteiger partial charge in [0.1, 0.15) is 11.3 Å². The van der Waals surface area contributed by atoms with E-state index in [0.717, 1.165) is 0 Å². The lowest BCUT2D eigenvalue weighted by molar-refractivity contribution is 0.0454. The van der Waals surface area contributed by atoms with Gasteiger partial charge in [-0.2, -0.15) is 0 Å². The van der Waals surface area contributed by atoms with E-state index in [1.54, 1.807) is 48.5 Å². The van der Waals surface area contributed by atoms with E-state index in [4.69, 9.17) is 9.47 Å². The summed E-state index contributed by atoms with van der Waals surface area (Å²) in [5, 5.41) is 0. The van der Waals surface area contributed by atoms with Crippen molar-refractivity contribution in [3.63, 3.8) is 0 Å². The zero-order chi connectivity index (χ0) is 15.9. The highest BCUT2D eigenvalue weighted by Crippen LogP contribution is 2.20. The van der Waals surface area contributed by atoms with Gasteiger partial charge in [0, 0.05) is 0 Å². The predicted octanol–water partition coefficient (Wildman–Crippen LogP) is 3.72. The van der Waals surface area contributed by atoms with E-state index in [1.807, 2.05) is 19.9 Å². The Morgan fingerprint density at radius 3 is 2.23 bits per heavy atom. The van der Waals surface area contributed by atoms with Crippen molar-refractivity contribution >= 4 is 11.9 Å². The smallest absolute Gasteiger partial charge is 0.343 e. The number of benzene rings is 2. The minimum absolute atomic E-state index is 0.199. The Labute approximate surface area is 129 Å². The molecule has 0 radical (unpaired) electrons. The maximum absolute atomic E-state index is 12.1. The molecular formula is C18H18O4. The average molecular weight is 298 g/mol. The summed E-state index contributed by atoms with van der Waals surface area (Å²) in [4.78, 5) is 24.2. The topological polar surface area (TPSA) is 52.6 Å². The van der Waals surface area contributed by atoms with Crippen LogP contribution < -0.4 is 4.74 Å². The third-order valence-corrected chi connectivity index (χ3v) is 2.87. The molecule has 4 nitrogen and oxygen atoms in total. The molecule has 0 heterocycles. The van der Waals surface area contributed by atoms with Gasteiger partial charge in [-0.1, -0.05) is 44.2 Å². The monoisotopic (exact) mass is 298 g/mol. The molecule has 0 unspecified atom stereocenters. The third-order valence-electron chi connectivity index (χ3n) is 2.87. The highest BCUT2D eigenvalue weighted by molar-refractivity contribution is 5.96. The minimum Gasteiger partial charge on any atom is -0.462 e. The Hall–Kier alpha value is -2.62. The summed E-state index contributed by atoms with van der Waals surface area (Å²) in [6, 6.07) is 15.2. The van der Waals surface area contributed by atoms with Gasteiger partial charge in [-0.25, -0.2) is 9.59 Å². The Balaban J connectivity index is 2.15. The van der Waals surface area contributed by atoms with Crippen LogP contribution in [-0.2, 0) is 4.74 Å². The summed E-state index contributed by atoms with van der Waals surface area (Å²) in [5.74, 6) is -0.567. The van der Waals surface area contributed by atoms with E-state index in [0.29, 0.717) is 12.2 Å². The average Bonchev–Trinajstić information content (AvgIpc) is 2.54. The Morgan fingerprint density at radius 2 is 1.55 bits per heavy atom. The van der Waals surface area contributed by atoms with Crippen molar-refractivity contribution < 1.29 is 19.1 Å². The molecular weight excluding hydrogens is 280 g/mol. The molecule has 2 aromatic rings. The van der Waals surface area contributed by atoms with Crippen LogP contribution in [-0.4, -0.2) is 18.5 Å². The van der Waals surface area contributed by atoms with Gasteiger partial charge < -0.3 is 9.47 Å². The van der Waals surface area contributed by atoms with E-state index in [2.05, 4.69) is 0 Å². The summed E-state index contributed by atoms with van der Waals surface area (Å²) < 4.78 is 10.5. The molecule has 2 rings (SSSR count). The summed E-state index contributed by atoms with van der Waals surface area (Å²) in [7, 11) is 0. The highest BCUT2D eigenvalue weighted by atomic mass is 16.5. The predicted molar refractivity (Wildman–Crippen MR) is 83.0 cm³/mol. The first-order valence-corrected chi connectivity index (χ1v) is 7.11. The zero-order valence-corrected chi connectivity index (χ0v) is 12.6. The second kappa shape index (κ2) is 7.41. The largest absolute Gasteiger partial charge is 0.462 e. The molecule has 0 fully saturated rings. The van der Waals surface area contributed by atoms with Crippen LogP contribution in [0.3, 0.4) is 0 Å². The molecule has 0 spiro atoms. The van der Waals surface area contributed by atoms with Crippen molar-refractivity contribution in [2.75, 3.05) is 6.61 Å². The van der Waals surface area contributed by atoms with Crippen LogP contribution in [0.2, 0.25) is 0 Å². The van der Waals surface area contributed by atoms with E-state index >= 15 is 0 Å². The van der Waals surface area contributed by atoms with Gasteiger partial charge in [-0.15, -0.1) is 0 Å². The third kappa shape index (κ3) is 4.19. The van der Waals surface area contributed by atoms with Gasteiger partial charge in [-0.3, -0.25) is 0 Å². The second-order valence-electron chi connectivity index (χ2n) is 5.24. The molecule has 0 aliphatic heterocycles. The first kappa shape index (κ1) is 15.8. The first-order chi connectivity index (χ1) is 10.6. The molecule has 0 amide bonds. The zero-order valence-electron chi connectivity index (χ0n) is 12.6. The lowest BCUT2D eigenvalue weighted by Gasteiger charge is -2.11. The molecule has 0 aromatic heterocycles. The fraction of sp³-hybridized carbons (Fsp3) is 0.222. The van der Waals surface area contributed by atoms with E-state index < -0.39 is 11.9 Å². The van der Waals surface area contributed by atoms with Gasteiger partial charge in [0.05, 0.1) is 12.2 Å². The van der Waals surface area contributed by atoms with Crippen molar-refractivity contribution in [2.45, 2.75) is 13.8 Å². The van der Waals surface area contributed by atoms with Gasteiger partial charge in [0.2, 0.25) is 0 Å². The van der Waals surface area contributed by atoms with Crippen molar-refractivity contribution in [2.24, 2.45) is 5.92 Å². The van der Waals surface area contributed by atoms with Crippen LogP contribution in [0.4, 0.5) is 0 Å². The number of carbonyl (C=O) groups excluding carboxylic acids is 2. The number of hydrogen-bond acceptors (Lipinski definition) is 4. The maximum Gasteiger partial charge on any atom is 0.343 e. The molecule has 4 heteroatoms. The standard InChI is InChI=1S/C18H18O4/c1-13(2)12-21-18(20)15-10-6-7-11-16(15)22-17(19)14-8-4-3-5-9-14/h3-11,13H,12H2,1-2H3. The van der Waals surface area contributed by atoms with Crippen LogP contribution in [0, 0.1) is 5.92 Å². The molecule has 0 saturated heterocycles. The molecule has 2 aromatic carbocycles. The number of carbonyl (C=O) groups is 2. The Morgan fingerprint density at radius 1 is 0.909 bits per heavy atom. The van der Waals surface area contributed by atoms with Crippen molar-refractivity contribution in [1.82, 2.24) is 0 Å². The Kier molecular flexibility index (Phi) is 5.31. The van der Waals surface area contributed by atoms with Crippen LogP contribution >= 0.6 is 0 Å². The van der Waals surface area contributed by atoms with Crippen molar-refractivity contribution in [3.8, 4) is 5.75 Å². The number of rotatable bonds is 5. The quantitative estimate of drug-likeness (QED) is 0.623. The second-order valence-corrected chi connectivity index (χ2v) is 5.24. The van der Waals surface area contributed by atoms with Gasteiger partial charge in [0.15, 0.2) is 0 Å². The molecule has 0 N–H and O–H groups in total. The molecule has 0 saturated carbocycles. The maximum atomic E-state index is 12.1. The summed E-state index contributed by atoms with van der Waals surface area (Å²) in [6.07, 6.45) is 0. The summed E-state index contributed by atoms with van der Waals surface area (Å²) in [6.45, 7) is 4.23. The Bertz CT molecular complexity index is 647. The summed E-state index contributed by atoms with van der Waals surface area (Å²) in [5.41, 5.74) is 0.667.